The summed E-state index contributed by atoms with van der Waals surface area (Å²) in [6, 6.07) is 10.3. The van der Waals surface area contributed by atoms with E-state index >= 15 is 0 Å². The Kier molecular flexibility index (Phi) is 5.93. The maximum atomic E-state index is 12.2. The van der Waals surface area contributed by atoms with E-state index in [9.17, 15) is 4.55 Å². The Hall–Kier alpha value is -0.770. The van der Waals surface area contributed by atoms with Crippen LogP contribution in [0.4, 0.5) is 0 Å². The Morgan fingerprint density at radius 3 is 2.44 bits per heavy atom. The van der Waals surface area contributed by atoms with Gasteiger partial charge in [-0.05, 0) is 39.2 Å². The molecule has 0 radical (unpaired) electrons. The van der Waals surface area contributed by atoms with Gasteiger partial charge in [0.25, 0.3) is 0 Å². The van der Waals surface area contributed by atoms with E-state index in [2.05, 4.69) is 23.4 Å². The zero-order valence-corrected chi connectivity index (χ0v) is 12.3. The molecule has 2 nitrogen and oxygen atoms in total. The molecule has 0 unspecified atom stereocenters. The van der Waals surface area contributed by atoms with Crippen LogP contribution in [0.3, 0.4) is 0 Å². The molecule has 0 aromatic heterocycles. The Morgan fingerprint density at radius 1 is 1.33 bits per heavy atom. The van der Waals surface area contributed by atoms with E-state index in [0.29, 0.717) is 0 Å². The quantitative estimate of drug-likeness (QED) is 0.628. The molecule has 0 saturated carbocycles. The first-order valence-electron chi connectivity index (χ1n) is 6.29. The van der Waals surface area contributed by atoms with Crippen LogP contribution >= 0.6 is 0 Å². The molecule has 0 amide bonds. The second kappa shape index (κ2) is 6.98. The highest BCUT2D eigenvalue weighted by Gasteiger charge is 2.29. The van der Waals surface area contributed by atoms with Crippen molar-refractivity contribution in [3.63, 3.8) is 0 Å². The van der Waals surface area contributed by atoms with Crippen molar-refractivity contribution in [3.8, 4) is 0 Å². The van der Waals surface area contributed by atoms with Crippen LogP contribution in [0.2, 0.25) is 0 Å². The lowest BCUT2D eigenvalue weighted by Gasteiger charge is -2.28. The fourth-order valence-electron chi connectivity index (χ4n) is 1.57. The van der Waals surface area contributed by atoms with Gasteiger partial charge in [-0.2, -0.15) is 0 Å². The van der Waals surface area contributed by atoms with Gasteiger partial charge in [0.15, 0.2) is 0 Å². The summed E-state index contributed by atoms with van der Waals surface area (Å²) < 4.78 is 15.2. The van der Waals surface area contributed by atoms with E-state index in [0.717, 1.165) is 12.8 Å². The van der Waals surface area contributed by atoms with E-state index in [1.807, 2.05) is 45.0 Å². The molecule has 2 atom stereocenters. The Bertz CT molecular complexity index is 359. The van der Waals surface area contributed by atoms with Gasteiger partial charge in [0, 0.05) is 11.4 Å². The summed E-state index contributed by atoms with van der Waals surface area (Å²) in [5, 5.41) is 0. The van der Waals surface area contributed by atoms with E-state index in [-0.39, 0.29) is 10.8 Å². The number of benzene rings is 1. The minimum Gasteiger partial charge on any atom is -0.598 e. The van der Waals surface area contributed by atoms with Gasteiger partial charge in [-0.3, -0.25) is 0 Å². The number of rotatable bonds is 6. The molecule has 3 heteroatoms. The molecule has 0 heterocycles. The molecule has 0 aliphatic rings. The van der Waals surface area contributed by atoms with Crippen molar-refractivity contribution in [2.45, 2.75) is 44.4 Å². The smallest absolute Gasteiger partial charge is 0.136 e. The van der Waals surface area contributed by atoms with Crippen molar-refractivity contribution >= 4 is 11.4 Å². The molecule has 18 heavy (non-hydrogen) atoms. The topological polar surface area (TPSA) is 35.1 Å². The fourth-order valence-corrected chi connectivity index (χ4v) is 2.44. The van der Waals surface area contributed by atoms with Crippen molar-refractivity contribution in [2.75, 3.05) is 0 Å². The van der Waals surface area contributed by atoms with Crippen molar-refractivity contribution in [1.29, 1.82) is 0 Å². The van der Waals surface area contributed by atoms with Crippen molar-refractivity contribution in [3.05, 3.63) is 48.6 Å². The maximum absolute atomic E-state index is 12.2. The molecule has 1 rings (SSSR count). The predicted octanol–water partition coefficient (Wildman–Crippen LogP) is 3.75. The molecule has 0 fully saturated rings. The highest BCUT2D eigenvalue weighted by Crippen LogP contribution is 2.23. The summed E-state index contributed by atoms with van der Waals surface area (Å²) in [5.41, 5.74) is 1.18. The number of allylic oxidation sites excluding steroid dienone is 1. The molecular formula is C15H23NOS. The van der Waals surface area contributed by atoms with E-state index in [1.165, 1.54) is 5.56 Å². The molecule has 0 bridgehead atoms. The third kappa shape index (κ3) is 4.84. The lowest BCUT2D eigenvalue weighted by atomic mass is 10.0. The van der Waals surface area contributed by atoms with Crippen LogP contribution in [-0.2, 0) is 11.4 Å². The zero-order valence-electron chi connectivity index (χ0n) is 11.5. The lowest BCUT2D eigenvalue weighted by molar-refractivity contribution is 0.513. The SMILES string of the molecule is C=CCC[C@H](N[S@+]([O-])C(C)(C)C)c1ccccc1. The zero-order chi connectivity index (χ0) is 13.6. The molecule has 100 valence electrons. The van der Waals surface area contributed by atoms with E-state index in [1.54, 1.807) is 0 Å². The maximum Gasteiger partial charge on any atom is 0.136 e. The lowest BCUT2D eigenvalue weighted by Crippen LogP contribution is -2.41. The first-order valence-corrected chi connectivity index (χ1v) is 7.44. The van der Waals surface area contributed by atoms with Crippen LogP contribution in [0.5, 0.6) is 0 Å². The Balaban J connectivity index is 2.76. The van der Waals surface area contributed by atoms with Crippen molar-refractivity contribution in [2.24, 2.45) is 0 Å². The summed E-state index contributed by atoms with van der Waals surface area (Å²) in [5.74, 6) is 0. The largest absolute Gasteiger partial charge is 0.598 e. The van der Waals surface area contributed by atoms with Crippen molar-refractivity contribution < 1.29 is 4.55 Å². The average Bonchev–Trinajstić information content (AvgIpc) is 2.34. The summed E-state index contributed by atoms with van der Waals surface area (Å²) in [6.45, 7) is 9.68. The molecular weight excluding hydrogens is 242 g/mol. The molecule has 0 saturated heterocycles. The van der Waals surface area contributed by atoms with Gasteiger partial charge in [0.2, 0.25) is 0 Å². The minimum absolute atomic E-state index is 0.115. The van der Waals surface area contributed by atoms with Crippen LogP contribution in [0.15, 0.2) is 43.0 Å². The van der Waals surface area contributed by atoms with Crippen LogP contribution in [0.25, 0.3) is 0 Å². The van der Waals surface area contributed by atoms with Crippen LogP contribution < -0.4 is 4.72 Å². The summed E-state index contributed by atoms with van der Waals surface area (Å²) in [6.07, 6.45) is 3.72. The van der Waals surface area contributed by atoms with Crippen molar-refractivity contribution in [1.82, 2.24) is 4.72 Å². The summed E-state index contributed by atoms with van der Waals surface area (Å²) in [7, 11) is 0. The minimum atomic E-state index is -1.06. The normalized spacial score (nSPS) is 15.1. The van der Waals surface area contributed by atoms with E-state index in [4.69, 9.17) is 0 Å². The molecule has 0 spiro atoms. The number of hydrogen-bond donors (Lipinski definition) is 1. The van der Waals surface area contributed by atoms with Gasteiger partial charge < -0.3 is 4.55 Å². The summed E-state index contributed by atoms with van der Waals surface area (Å²) >= 11 is -1.06. The molecule has 0 aliphatic carbocycles. The van der Waals surface area contributed by atoms with Gasteiger partial charge >= 0.3 is 0 Å². The predicted molar refractivity (Wildman–Crippen MR) is 79.6 cm³/mol. The monoisotopic (exact) mass is 265 g/mol. The standard InChI is InChI=1S/C15H23NOS/c1-5-6-12-14(13-10-8-7-9-11-13)16-18(17)15(2,3)4/h5,7-11,14,16H,1,6,12H2,2-4H3/t14-,18+/m0/s1. The molecule has 0 aliphatic heterocycles. The van der Waals surface area contributed by atoms with Gasteiger partial charge in [0.1, 0.15) is 4.75 Å². The van der Waals surface area contributed by atoms with Gasteiger partial charge in [-0.15, -0.1) is 11.3 Å². The molecule has 1 aromatic rings. The number of nitrogens with one attached hydrogen (secondary N) is 1. The Morgan fingerprint density at radius 2 is 1.94 bits per heavy atom. The van der Waals surface area contributed by atoms with Gasteiger partial charge in [0.05, 0.1) is 6.04 Å². The third-order valence-electron chi connectivity index (χ3n) is 2.67. The first kappa shape index (κ1) is 15.3. The molecule has 1 aromatic carbocycles. The first-order chi connectivity index (χ1) is 8.45. The van der Waals surface area contributed by atoms with Gasteiger partial charge in [-0.25, -0.2) is 0 Å². The molecule has 1 N–H and O–H groups in total. The van der Waals surface area contributed by atoms with Crippen LogP contribution in [0.1, 0.15) is 45.2 Å². The highest BCUT2D eigenvalue weighted by molar-refractivity contribution is 7.90. The average molecular weight is 265 g/mol. The summed E-state index contributed by atoms with van der Waals surface area (Å²) in [4.78, 5) is 0. The van der Waals surface area contributed by atoms with Crippen LogP contribution in [0, 0.1) is 0 Å². The highest BCUT2D eigenvalue weighted by atomic mass is 32.2. The van der Waals surface area contributed by atoms with E-state index < -0.39 is 11.4 Å². The number of hydrogen-bond acceptors (Lipinski definition) is 2. The second-order valence-corrected chi connectivity index (χ2v) is 7.33. The van der Waals surface area contributed by atoms with Crippen LogP contribution in [-0.4, -0.2) is 9.30 Å². The fraction of sp³-hybridized carbons (Fsp3) is 0.467. The third-order valence-corrected chi connectivity index (χ3v) is 4.28. The second-order valence-electron chi connectivity index (χ2n) is 5.33. The Labute approximate surface area is 114 Å². The van der Waals surface area contributed by atoms with Gasteiger partial charge in [-0.1, -0.05) is 36.4 Å².